The maximum absolute atomic E-state index is 11.1. The highest BCUT2D eigenvalue weighted by molar-refractivity contribution is 14.1. The van der Waals surface area contributed by atoms with Crippen molar-refractivity contribution in [1.29, 1.82) is 0 Å². The average molecular weight is 458 g/mol. The summed E-state index contributed by atoms with van der Waals surface area (Å²) in [6, 6.07) is 17.2. The number of para-hydroxylation sites is 1. The molecule has 2 aromatic heterocycles. The van der Waals surface area contributed by atoms with Crippen LogP contribution < -0.4 is 11.1 Å². The van der Waals surface area contributed by atoms with Gasteiger partial charge in [-0.2, -0.15) is 0 Å². The molecule has 0 bridgehead atoms. The number of benzene rings is 2. The molecule has 6 nitrogen and oxygen atoms in total. The molecule has 130 valence electrons. The van der Waals surface area contributed by atoms with E-state index in [-0.39, 0.29) is 5.69 Å². The molecule has 0 aliphatic rings. The van der Waals surface area contributed by atoms with Gasteiger partial charge in [-0.05, 0) is 59.0 Å². The predicted octanol–water partition coefficient (Wildman–Crippen LogP) is 3.67. The Hall–Kier alpha value is -2.94. The van der Waals surface area contributed by atoms with E-state index < -0.39 is 5.91 Å². The molecule has 0 aliphatic heterocycles. The summed E-state index contributed by atoms with van der Waals surface area (Å²) in [4.78, 5) is 28.2. The Bertz CT molecular complexity index is 1070. The lowest BCUT2D eigenvalue weighted by Gasteiger charge is -1.95. The van der Waals surface area contributed by atoms with Gasteiger partial charge in [0.05, 0.1) is 11.7 Å². The molecular formula is C19H15IN4O2. The summed E-state index contributed by atoms with van der Waals surface area (Å²) in [7, 11) is 0. The molecule has 0 unspecified atom stereocenters. The lowest BCUT2D eigenvalue weighted by atomic mass is 10.1. The number of aromatic amines is 1. The Morgan fingerprint density at radius 2 is 1.81 bits per heavy atom. The third-order valence-electron chi connectivity index (χ3n) is 3.71. The number of nitrogens with zero attached hydrogens (tertiary/aromatic N) is 1. The second kappa shape index (κ2) is 7.96. The molecule has 4 rings (SSSR count). The first-order chi connectivity index (χ1) is 12.6. The number of hydrogen-bond acceptors (Lipinski definition) is 3. The van der Waals surface area contributed by atoms with Crippen LogP contribution in [0.4, 0.5) is 5.69 Å². The van der Waals surface area contributed by atoms with E-state index in [4.69, 9.17) is 5.73 Å². The first kappa shape index (κ1) is 17.9. The number of H-pyrrole nitrogens is 1. The highest BCUT2D eigenvalue weighted by Crippen LogP contribution is 2.24. The number of aromatic nitrogens is 2. The second-order valence-electron chi connectivity index (χ2n) is 5.42. The molecule has 0 fully saturated rings. The monoisotopic (exact) mass is 458 g/mol. The molecule has 0 radical (unpaired) electrons. The number of primary amides is 1. The molecule has 0 atom stereocenters. The number of carbonyl (C=O) groups excluding carboxylic acids is 2. The number of carbonyl (C=O) groups is 2. The molecule has 2 aromatic carbocycles. The van der Waals surface area contributed by atoms with E-state index >= 15 is 0 Å². The van der Waals surface area contributed by atoms with Gasteiger partial charge in [0.2, 0.25) is 6.41 Å². The van der Waals surface area contributed by atoms with E-state index in [1.54, 1.807) is 12.3 Å². The van der Waals surface area contributed by atoms with E-state index in [2.05, 4.69) is 37.9 Å². The van der Waals surface area contributed by atoms with Crippen molar-refractivity contribution in [2.75, 3.05) is 5.32 Å². The summed E-state index contributed by atoms with van der Waals surface area (Å²) in [5.41, 5.74) is 8.26. The smallest absolute Gasteiger partial charge is 0.267 e. The number of nitrogens with two attached hydrogens (primary N) is 1. The number of amides is 2. The molecule has 2 amide bonds. The van der Waals surface area contributed by atoms with Crippen molar-refractivity contribution >= 4 is 62.4 Å². The molecule has 0 aliphatic carbocycles. The van der Waals surface area contributed by atoms with Gasteiger partial charge in [-0.1, -0.05) is 18.2 Å². The van der Waals surface area contributed by atoms with Gasteiger partial charge in [-0.25, -0.2) is 4.98 Å². The van der Waals surface area contributed by atoms with Crippen LogP contribution in [0, 0.1) is 3.57 Å². The van der Waals surface area contributed by atoms with E-state index in [1.165, 1.54) is 0 Å². The largest absolute Gasteiger partial charge is 0.364 e. The van der Waals surface area contributed by atoms with Crippen molar-refractivity contribution in [1.82, 2.24) is 9.97 Å². The van der Waals surface area contributed by atoms with E-state index in [0.29, 0.717) is 6.41 Å². The highest BCUT2D eigenvalue weighted by Gasteiger charge is 2.07. The van der Waals surface area contributed by atoms with Crippen LogP contribution in [0.5, 0.6) is 0 Å². The summed E-state index contributed by atoms with van der Waals surface area (Å²) < 4.78 is 1.16. The standard InChI is InChI=1S/C12H9N3O.C7H6INO/c13-12(16)10-5-8-7-3-1-2-4-9(7)15-11(8)6-14-10;8-6-1-3-7(4-2-6)9-5-10/h1-6,15H,(H2,13,16);1-5H,(H,9,10). The van der Waals surface area contributed by atoms with E-state index in [9.17, 15) is 9.59 Å². The van der Waals surface area contributed by atoms with Crippen molar-refractivity contribution in [3.05, 3.63) is 70.1 Å². The van der Waals surface area contributed by atoms with Crippen molar-refractivity contribution < 1.29 is 9.59 Å². The topological polar surface area (TPSA) is 101 Å². The Balaban J connectivity index is 0.000000170. The molecule has 2 heterocycles. The van der Waals surface area contributed by atoms with Crippen molar-refractivity contribution in [2.45, 2.75) is 0 Å². The molecule has 0 saturated heterocycles. The second-order valence-corrected chi connectivity index (χ2v) is 6.66. The zero-order valence-electron chi connectivity index (χ0n) is 13.6. The average Bonchev–Trinajstić information content (AvgIpc) is 3.02. The molecule has 4 aromatic rings. The Kier molecular flexibility index (Phi) is 5.47. The SMILES string of the molecule is NC(=O)c1cc2c(cn1)[nH]c1ccccc12.O=CNc1ccc(I)cc1. The zero-order chi connectivity index (χ0) is 18.5. The van der Waals surface area contributed by atoms with Crippen LogP contribution in [-0.2, 0) is 4.79 Å². The van der Waals surface area contributed by atoms with Gasteiger partial charge >= 0.3 is 0 Å². The summed E-state index contributed by atoms with van der Waals surface area (Å²) >= 11 is 2.21. The number of nitrogens with one attached hydrogen (secondary N) is 2. The van der Waals surface area contributed by atoms with Gasteiger partial charge in [-0.15, -0.1) is 0 Å². The summed E-state index contributed by atoms with van der Waals surface area (Å²) in [5.74, 6) is -0.507. The lowest BCUT2D eigenvalue weighted by molar-refractivity contribution is -0.105. The fourth-order valence-corrected chi connectivity index (χ4v) is 2.86. The van der Waals surface area contributed by atoms with Crippen molar-refractivity contribution in [3.8, 4) is 0 Å². The highest BCUT2D eigenvalue weighted by atomic mass is 127. The van der Waals surface area contributed by atoms with E-state index in [1.807, 2.05) is 48.5 Å². The Labute approximate surface area is 162 Å². The lowest BCUT2D eigenvalue weighted by Crippen LogP contribution is -2.12. The third kappa shape index (κ3) is 3.99. The number of pyridine rings is 1. The number of anilines is 1. The quantitative estimate of drug-likeness (QED) is 0.323. The molecule has 4 N–H and O–H groups in total. The maximum atomic E-state index is 11.1. The number of halogens is 1. The Morgan fingerprint density at radius 1 is 1.08 bits per heavy atom. The fourth-order valence-electron chi connectivity index (χ4n) is 2.50. The molecule has 7 heteroatoms. The van der Waals surface area contributed by atoms with Crippen LogP contribution in [0.15, 0.2) is 60.8 Å². The molecular weight excluding hydrogens is 443 g/mol. The van der Waals surface area contributed by atoms with Crippen molar-refractivity contribution in [2.24, 2.45) is 5.73 Å². The number of rotatable bonds is 3. The molecule has 0 spiro atoms. The fraction of sp³-hybridized carbons (Fsp3) is 0. The minimum absolute atomic E-state index is 0.289. The molecule has 26 heavy (non-hydrogen) atoms. The maximum Gasteiger partial charge on any atom is 0.267 e. The zero-order valence-corrected chi connectivity index (χ0v) is 15.7. The third-order valence-corrected chi connectivity index (χ3v) is 4.43. The number of fused-ring (bicyclic) bond motifs is 3. The first-order valence-corrected chi connectivity index (χ1v) is 8.78. The first-order valence-electron chi connectivity index (χ1n) is 7.70. The minimum atomic E-state index is -0.507. The van der Waals surface area contributed by atoms with Gasteiger partial charge in [0.25, 0.3) is 5.91 Å². The minimum Gasteiger partial charge on any atom is -0.364 e. The van der Waals surface area contributed by atoms with Gasteiger partial charge in [0.15, 0.2) is 0 Å². The van der Waals surface area contributed by atoms with Crippen LogP contribution in [0.1, 0.15) is 10.5 Å². The Morgan fingerprint density at radius 3 is 2.50 bits per heavy atom. The van der Waals surface area contributed by atoms with Crippen LogP contribution in [0.25, 0.3) is 21.8 Å². The van der Waals surface area contributed by atoms with E-state index in [0.717, 1.165) is 31.1 Å². The molecule has 0 saturated carbocycles. The van der Waals surface area contributed by atoms with Crippen molar-refractivity contribution in [3.63, 3.8) is 0 Å². The predicted molar refractivity (Wildman–Crippen MR) is 111 cm³/mol. The van der Waals surface area contributed by atoms with Gasteiger partial charge in [0, 0.05) is 25.5 Å². The summed E-state index contributed by atoms with van der Waals surface area (Å²) in [6.07, 6.45) is 2.30. The normalized spacial score (nSPS) is 10.2. The van der Waals surface area contributed by atoms with Crippen LogP contribution in [0.2, 0.25) is 0 Å². The summed E-state index contributed by atoms with van der Waals surface area (Å²) in [5, 5.41) is 4.59. The van der Waals surface area contributed by atoms with Gasteiger partial charge in [-0.3, -0.25) is 9.59 Å². The summed E-state index contributed by atoms with van der Waals surface area (Å²) in [6.45, 7) is 0. The number of hydrogen-bond donors (Lipinski definition) is 3. The van der Waals surface area contributed by atoms with Crippen LogP contribution in [0.3, 0.4) is 0 Å². The van der Waals surface area contributed by atoms with Crippen LogP contribution >= 0.6 is 22.6 Å². The van der Waals surface area contributed by atoms with Gasteiger partial charge in [0.1, 0.15) is 5.69 Å². The van der Waals surface area contributed by atoms with Crippen LogP contribution in [-0.4, -0.2) is 22.3 Å². The van der Waals surface area contributed by atoms with Gasteiger partial charge < -0.3 is 16.0 Å².